The minimum atomic E-state index is -3.71. The Labute approximate surface area is 90.2 Å². The molecule has 0 amide bonds. The van der Waals surface area contributed by atoms with Crippen LogP contribution in [0.4, 0.5) is 5.69 Å². The molecule has 1 aromatic carbocycles. The van der Waals surface area contributed by atoms with E-state index in [-0.39, 0.29) is 16.2 Å². The first kappa shape index (κ1) is 11.3. The second-order valence-corrected chi connectivity index (χ2v) is 4.52. The van der Waals surface area contributed by atoms with Gasteiger partial charge in [0.05, 0.1) is 10.6 Å². The van der Waals surface area contributed by atoms with Crippen LogP contribution >= 0.6 is 15.9 Å². The molecule has 4 N–H and O–H groups in total. The summed E-state index contributed by atoms with van der Waals surface area (Å²) in [7, 11) is -3.71. The molecule has 5 nitrogen and oxygen atoms in total. The van der Waals surface area contributed by atoms with Gasteiger partial charge in [0.15, 0.2) is 0 Å². The fourth-order valence-corrected chi connectivity index (χ4v) is 1.65. The van der Waals surface area contributed by atoms with E-state index in [0.29, 0.717) is 5.69 Å². The standard InChI is InChI=1S/C7H9BrN2O3S/c8-4-13-7-3-5(14(10,11)12)1-2-6(7)9/h1-3H,4,9H2,(H2,10,11,12). The van der Waals surface area contributed by atoms with Gasteiger partial charge in [-0.05, 0) is 28.1 Å². The summed E-state index contributed by atoms with van der Waals surface area (Å²) in [4.78, 5) is -0.0253. The average Bonchev–Trinajstić information content (AvgIpc) is 2.07. The third-order valence-electron chi connectivity index (χ3n) is 1.52. The number of nitrogens with two attached hydrogens (primary N) is 2. The lowest BCUT2D eigenvalue weighted by molar-refractivity contribution is 0.399. The van der Waals surface area contributed by atoms with E-state index in [4.69, 9.17) is 15.6 Å². The maximum Gasteiger partial charge on any atom is 0.238 e. The summed E-state index contributed by atoms with van der Waals surface area (Å²) in [6, 6.07) is 4.04. The summed E-state index contributed by atoms with van der Waals surface area (Å²) in [6.45, 7) is 0. The van der Waals surface area contributed by atoms with Gasteiger partial charge in [-0.25, -0.2) is 13.6 Å². The molecule has 0 fully saturated rings. The van der Waals surface area contributed by atoms with Gasteiger partial charge in [0.2, 0.25) is 10.0 Å². The number of ether oxygens (including phenoxy) is 1. The number of rotatable bonds is 3. The molecule has 0 aliphatic rings. The molecular formula is C7H9BrN2O3S. The van der Waals surface area contributed by atoms with E-state index in [1.54, 1.807) is 0 Å². The van der Waals surface area contributed by atoms with Crippen molar-refractivity contribution in [3.8, 4) is 5.75 Å². The Morgan fingerprint density at radius 3 is 2.57 bits per heavy atom. The van der Waals surface area contributed by atoms with Gasteiger partial charge in [0.1, 0.15) is 11.3 Å². The number of benzene rings is 1. The van der Waals surface area contributed by atoms with Crippen molar-refractivity contribution in [3.63, 3.8) is 0 Å². The first-order valence-electron chi connectivity index (χ1n) is 3.56. The lowest BCUT2D eigenvalue weighted by atomic mass is 10.3. The van der Waals surface area contributed by atoms with E-state index in [1.165, 1.54) is 18.2 Å². The summed E-state index contributed by atoms with van der Waals surface area (Å²) >= 11 is 3.04. The first-order chi connectivity index (χ1) is 6.45. The molecule has 0 saturated heterocycles. The van der Waals surface area contributed by atoms with Crippen LogP contribution in [0.15, 0.2) is 23.1 Å². The molecule has 0 unspecified atom stereocenters. The van der Waals surface area contributed by atoms with Crippen LogP contribution in [0.5, 0.6) is 5.75 Å². The van der Waals surface area contributed by atoms with Crippen molar-refractivity contribution in [1.82, 2.24) is 0 Å². The topological polar surface area (TPSA) is 95.4 Å². The first-order valence-corrected chi connectivity index (χ1v) is 6.23. The molecule has 7 heteroatoms. The third kappa shape index (κ3) is 2.60. The highest BCUT2D eigenvalue weighted by Gasteiger charge is 2.10. The Bertz CT molecular complexity index is 433. The molecular weight excluding hydrogens is 272 g/mol. The van der Waals surface area contributed by atoms with Crippen molar-refractivity contribution in [3.05, 3.63) is 18.2 Å². The second kappa shape index (κ2) is 4.16. The molecule has 78 valence electrons. The number of primary sulfonamides is 1. The molecule has 0 saturated carbocycles. The number of alkyl halides is 1. The zero-order chi connectivity index (χ0) is 10.8. The molecule has 0 aromatic heterocycles. The zero-order valence-electron chi connectivity index (χ0n) is 7.10. The van der Waals surface area contributed by atoms with Crippen LogP contribution in [0.1, 0.15) is 0 Å². The van der Waals surface area contributed by atoms with Gasteiger partial charge in [0.25, 0.3) is 0 Å². The van der Waals surface area contributed by atoms with Crippen LogP contribution in [-0.2, 0) is 10.0 Å². The molecule has 0 radical (unpaired) electrons. The average molecular weight is 281 g/mol. The Morgan fingerprint density at radius 1 is 1.43 bits per heavy atom. The minimum Gasteiger partial charge on any atom is -0.480 e. The van der Waals surface area contributed by atoms with E-state index in [1.807, 2.05) is 0 Å². The SMILES string of the molecule is Nc1ccc(S(N)(=O)=O)cc1OCBr. The minimum absolute atomic E-state index is 0.0253. The summed E-state index contributed by atoms with van der Waals surface area (Å²) in [5, 5.41) is 4.94. The van der Waals surface area contributed by atoms with Crippen molar-refractivity contribution in [2.75, 3.05) is 11.2 Å². The lowest BCUT2D eigenvalue weighted by Crippen LogP contribution is -2.12. The molecule has 0 aliphatic carbocycles. The van der Waals surface area contributed by atoms with Crippen LogP contribution in [0.25, 0.3) is 0 Å². The fraction of sp³-hybridized carbons (Fsp3) is 0.143. The highest BCUT2D eigenvalue weighted by Crippen LogP contribution is 2.24. The normalized spacial score (nSPS) is 11.3. The molecule has 0 bridgehead atoms. The molecule has 14 heavy (non-hydrogen) atoms. The van der Waals surface area contributed by atoms with Crippen molar-refractivity contribution in [2.24, 2.45) is 5.14 Å². The number of hydrogen-bond acceptors (Lipinski definition) is 4. The van der Waals surface area contributed by atoms with E-state index < -0.39 is 10.0 Å². The van der Waals surface area contributed by atoms with Gasteiger partial charge in [-0.15, -0.1) is 0 Å². The summed E-state index contributed by atoms with van der Waals surface area (Å²) in [5.41, 5.74) is 6.12. The van der Waals surface area contributed by atoms with Crippen LogP contribution in [-0.4, -0.2) is 13.9 Å². The number of nitrogen functional groups attached to an aromatic ring is 1. The predicted octanol–water partition coefficient (Wildman–Crippen LogP) is 0.647. The maximum atomic E-state index is 11.0. The van der Waals surface area contributed by atoms with Gasteiger partial charge in [-0.1, -0.05) is 0 Å². The quantitative estimate of drug-likeness (QED) is 0.628. The van der Waals surface area contributed by atoms with Crippen LogP contribution < -0.4 is 15.6 Å². The van der Waals surface area contributed by atoms with E-state index in [2.05, 4.69) is 15.9 Å². The smallest absolute Gasteiger partial charge is 0.238 e. The molecule has 1 rings (SSSR count). The van der Waals surface area contributed by atoms with Gasteiger partial charge in [-0.2, -0.15) is 0 Å². The largest absolute Gasteiger partial charge is 0.480 e. The van der Waals surface area contributed by atoms with Gasteiger partial charge in [0, 0.05) is 6.07 Å². The Balaban J connectivity index is 3.20. The molecule has 0 spiro atoms. The monoisotopic (exact) mass is 280 g/mol. The number of hydrogen-bond donors (Lipinski definition) is 2. The van der Waals surface area contributed by atoms with Crippen LogP contribution in [0.2, 0.25) is 0 Å². The molecule has 0 aliphatic heterocycles. The number of halogens is 1. The Kier molecular flexibility index (Phi) is 3.35. The molecule has 0 heterocycles. The van der Waals surface area contributed by atoms with Crippen molar-refractivity contribution < 1.29 is 13.2 Å². The van der Waals surface area contributed by atoms with E-state index >= 15 is 0 Å². The molecule has 0 atom stereocenters. The summed E-state index contributed by atoms with van der Waals surface area (Å²) in [5.74, 6) is 0.286. The Hall–Kier alpha value is -0.790. The predicted molar refractivity (Wildman–Crippen MR) is 56.6 cm³/mol. The lowest BCUT2D eigenvalue weighted by Gasteiger charge is -2.07. The molecule has 1 aromatic rings. The van der Waals surface area contributed by atoms with Crippen molar-refractivity contribution in [2.45, 2.75) is 4.90 Å². The number of anilines is 1. The maximum absolute atomic E-state index is 11.0. The number of sulfonamides is 1. The summed E-state index contributed by atoms with van der Waals surface area (Å²) in [6.07, 6.45) is 0. The van der Waals surface area contributed by atoms with Crippen molar-refractivity contribution >= 4 is 31.6 Å². The summed E-state index contributed by atoms with van der Waals surface area (Å²) < 4.78 is 27.0. The van der Waals surface area contributed by atoms with Crippen LogP contribution in [0, 0.1) is 0 Å². The van der Waals surface area contributed by atoms with Crippen LogP contribution in [0.3, 0.4) is 0 Å². The fourth-order valence-electron chi connectivity index (χ4n) is 0.875. The van der Waals surface area contributed by atoms with Gasteiger partial charge >= 0.3 is 0 Å². The van der Waals surface area contributed by atoms with Gasteiger partial charge in [-0.3, -0.25) is 0 Å². The highest BCUT2D eigenvalue weighted by atomic mass is 79.9. The van der Waals surface area contributed by atoms with Gasteiger partial charge < -0.3 is 10.5 Å². The van der Waals surface area contributed by atoms with Crippen molar-refractivity contribution in [1.29, 1.82) is 0 Å². The second-order valence-electron chi connectivity index (χ2n) is 2.50. The van der Waals surface area contributed by atoms with E-state index in [9.17, 15) is 8.42 Å². The zero-order valence-corrected chi connectivity index (χ0v) is 9.51. The Morgan fingerprint density at radius 2 is 2.07 bits per heavy atom. The highest BCUT2D eigenvalue weighted by molar-refractivity contribution is 9.09. The third-order valence-corrected chi connectivity index (χ3v) is 2.66. The van der Waals surface area contributed by atoms with E-state index in [0.717, 1.165) is 0 Å².